The van der Waals surface area contributed by atoms with Crippen LogP contribution in [0.5, 0.6) is 0 Å². The van der Waals surface area contributed by atoms with E-state index in [1.54, 1.807) is 22.2 Å². The summed E-state index contributed by atoms with van der Waals surface area (Å²) in [6, 6.07) is 2.33. The van der Waals surface area contributed by atoms with Crippen LogP contribution in [0, 0.1) is 6.92 Å². The Kier molecular flexibility index (Phi) is 2.94. The summed E-state index contributed by atoms with van der Waals surface area (Å²) < 4.78 is 1.77. The highest BCUT2D eigenvalue weighted by atomic mass is 32.1. The topological polar surface area (TPSA) is 55.6 Å². The molecule has 0 aromatic carbocycles. The molecule has 0 fully saturated rings. The van der Waals surface area contributed by atoms with Crippen molar-refractivity contribution in [2.24, 2.45) is 7.05 Å². The lowest BCUT2D eigenvalue weighted by molar-refractivity contribution is 0.782. The van der Waals surface area contributed by atoms with Crippen LogP contribution in [0.4, 0.5) is 5.82 Å². The fourth-order valence-electron chi connectivity index (χ4n) is 2.05. The molecule has 0 bridgehead atoms. The van der Waals surface area contributed by atoms with Gasteiger partial charge in [-0.25, -0.2) is 9.97 Å². The zero-order valence-corrected chi connectivity index (χ0v) is 11.9. The molecule has 1 atom stereocenters. The van der Waals surface area contributed by atoms with Gasteiger partial charge in [0, 0.05) is 7.05 Å². The summed E-state index contributed by atoms with van der Waals surface area (Å²) in [6.45, 7) is 4.02. The van der Waals surface area contributed by atoms with Crippen LogP contribution in [0.2, 0.25) is 0 Å². The van der Waals surface area contributed by atoms with Crippen LogP contribution < -0.4 is 5.32 Å². The third-order valence-electron chi connectivity index (χ3n) is 3.10. The SMILES string of the molecule is Cc1nc(N[C@H](C)c2ccsc2)c2cnn(C)c2n1. The molecule has 3 heterocycles. The zero-order valence-electron chi connectivity index (χ0n) is 11.1. The van der Waals surface area contributed by atoms with E-state index in [-0.39, 0.29) is 6.04 Å². The van der Waals surface area contributed by atoms with Gasteiger partial charge in [-0.3, -0.25) is 4.68 Å². The molecule has 0 radical (unpaired) electrons. The molecule has 0 spiro atoms. The third kappa shape index (κ3) is 2.19. The predicted octanol–water partition coefficient (Wildman–Crippen LogP) is 2.91. The van der Waals surface area contributed by atoms with Crippen LogP contribution in [-0.2, 0) is 7.05 Å². The lowest BCUT2D eigenvalue weighted by atomic mass is 10.2. The van der Waals surface area contributed by atoms with Crippen molar-refractivity contribution in [3.05, 3.63) is 34.4 Å². The monoisotopic (exact) mass is 273 g/mol. The number of aromatic nitrogens is 4. The standard InChI is InChI=1S/C13H15N5S/c1-8(10-4-5-19-7-10)15-12-11-6-14-18(3)13(11)17-9(2)16-12/h4-8H,1-3H3,(H,15,16,17)/t8-/m1/s1. The second-order valence-electron chi connectivity index (χ2n) is 4.55. The number of fused-ring (bicyclic) bond motifs is 1. The molecule has 0 aliphatic heterocycles. The first kappa shape index (κ1) is 12.1. The van der Waals surface area contributed by atoms with Crippen LogP contribution in [0.3, 0.4) is 0 Å². The van der Waals surface area contributed by atoms with Gasteiger partial charge in [0.15, 0.2) is 5.65 Å². The molecule has 6 heteroatoms. The molecule has 3 rings (SSSR count). The third-order valence-corrected chi connectivity index (χ3v) is 3.80. The van der Waals surface area contributed by atoms with Crippen molar-refractivity contribution in [3.8, 4) is 0 Å². The van der Waals surface area contributed by atoms with Crippen molar-refractivity contribution in [2.45, 2.75) is 19.9 Å². The quantitative estimate of drug-likeness (QED) is 0.797. The molecule has 0 amide bonds. The minimum Gasteiger partial charge on any atom is -0.363 e. The van der Waals surface area contributed by atoms with E-state index in [1.165, 1.54) is 5.56 Å². The molecule has 0 aliphatic carbocycles. The van der Waals surface area contributed by atoms with E-state index in [0.717, 1.165) is 22.7 Å². The highest BCUT2D eigenvalue weighted by Crippen LogP contribution is 2.25. The highest BCUT2D eigenvalue weighted by Gasteiger charge is 2.13. The highest BCUT2D eigenvalue weighted by molar-refractivity contribution is 7.07. The first-order valence-corrected chi connectivity index (χ1v) is 7.04. The predicted molar refractivity (Wildman–Crippen MR) is 77.4 cm³/mol. The normalized spacial score (nSPS) is 12.8. The molecule has 19 heavy (non-hydrogen) atoms. The second kappa shape index (κ2) is 4.62. The van der Waals surface area contributed by atoms with Gasteiger partial charge in [-0.2, -0.15) is 16.4 Å². The Labute approximate surface area is 115 Å². The number of aryl methyl sites for hydroxylation is 2. The van der Waals surface area contributed by atoms with Crippen molar-refractivity contribution < 1.29 is 0 Å². The number of rotatable bonds is 3. The summed E-state index contributed by atoms with van der Waals surface area (Å²) in [5.41, 5.74) is 2.12. The van der Waals surface area contributed by atoms with Gasteiger partial charge in [0.25, 0.3) is 0 Å². The summed E-state index contributed by atoms with van der Waals surface area (Å²) in [6.07, 6.45) is 1.80. The summed E-state index contributed by atoms with van der Waals surface area (Å²) in [4.78, 5) is 8.91. The lowest BCUT2D eigenvalue weighted by Gasteiger charge is -2.14. The lowest BCUT2D eigenvalue weighted by Crippen LogP contribution is -2.08. The molecule has 3 aromatic heterocycles. The van der Waals surface area contributed by atoms with Crippen LogP contribution in [-0.4, -0.2) is 19.7 Å². The van der Waals surface area contributed by atoms with E-state index in [0.29, 0.717) is 0 Å². The Morgan fingerprint density at radius 1 is 1.37 bits per heavy atom. The van der Waals surface area contributed by atoms with Crippen LogP contribution in [0.25, 0.3) is 11.0 Å². The Morgan fingerprint density at radius 3 is 2.95 bits per heavy atom. The van der Waals surface area contributed by atoms with E-state index in [1.807, 2.05) is 14.0 Å². The van der Waals surface area contributed by atoms with E-state index in [4.69, 9.17) is 0 Å². The molecule has 98 valence electrons. The van der Waals surface area contributed by atoms with Gasteiger partial charge in [0.1, 0.15) is 11.6 Å². The number of thiophene rings is 1. The van der Waals surface area contributed by atoms with Gasteiger partial charge < -0.3 is 5.32 Å². The van der Waals surface area contributed by atoms with E-state index in [9.17, 15) is 0 Å². The fraction of sp³-hybridized carbons (Fsp3) is 0.308. The van der Waals surface area contributed by atoms with Gasteiger partial charge in [-0.15, -0.1) is 0 Å². The molecular weight excluding hydrogens is 258 g/mol. The minimum atomic E-state index is 0.212. The van der Waals surface area contributed by atoms with Crippen molar-refractivity contribution in [3.63, 3.8) is 0 Å². The smallest absolute Gasteiger partial charge is 0.163 e. The van der Waals surface area contributed by atoms with Gasteiger partial charge in [-0.05, 0) is 36.2 Å². The largest absolute Gasteiger partial charge is 0.363 e. The maximum absolute atomic E-state index is 4.49. The first-order chi connectivity index (χ1) is 9.15. The number of nitrogens with zero attached hydrogens (tertiary/aromatic N) is 4. The van der Waals surface area contributed by atoms with E-state index >= 15 is 0 Å². The fourth-order valence-corrected chi connectivity index (χ4v) is 2.80. The van der Waals surface area contributed by atoms with E-state index in [2.05, 4.69) is 44.1 Å². The Morgan fingerprint density at radius 2 is 2.21 bits per heavy atom. The molecular formula is C13H15N5S. The van der Waals surface area contributed by atoms with Crippen molar-refractivity contribution in [1.29, 1.82) is 0 Å². The van der Waals surface area contributed by atoms with Gasteiger partial charge in [0.05, 0.1) is 17.6 Å². The number of hydrogen-bond donors (Lipinski definition) is 1. The Balaban J connectivity index is 2.00. The molecule has 3 aromatic rings. The van der Waals surface area contributed by atoms with Crippen molar-refractivity contribution in [2.75, 3.05) is 5.32 Å². The maximum Gasteiger partial charge on any atom is 0.163 e. The second-order valence-corrected chi connectivity index (χ2v) is 5.33. The maximum atomic E-state index is 4.49. The summed E-state index contributed by atoms with van der Waals surface area (Å²) in [7, 11) is 1.89. The molecule has 0 saturated carbocycles. The molecule has 0 saturated heterocycles. The number of hydrogen-bond acceptors (Lipinski definition) is 5. The van der Waals surface area contributed by atoms with E-state index < -0.39 is 0 Å². The van der Waals surface area contributed by atoms with Gasteiger partial charge in [0.2, 0.25) is 0 Å². The molecule has 1 N–H and O–H groups in total. The molecule has 5 nitrogen and oxygen atoms in total. The Bertz CT molecular complexity index is 701. The minimum absolute atomic E-state index is 0.212. The van der Waals surface area contributed by atoms with Crippen molar-refractivity contribution >= 4 is 28.2 Å². The Hall–Kier alpha value is -1.95. The first-order valence-electron chi connectivity index (χ1n) is 6.10. The van der Waals surface area contributed by atoms with Gasteiger partial charge >= 0.3 is 0 Å². The zero-order chi connectivity index (χ0) is 13.4. The van der Waals surface area contributed by atoms with Gasteiger partial charge in [-0.1, -0.05) is 0 Å². The van der Waals surface area contributed by atoms with Crippen LogP contribution >= 0.6 is 11.3 Å². The molecule has 0 aliphatic rings. The molecule has 0 unspecified atom stereocenters. The van der Waals surface area contributed by atoms with Crippen molar-refractivity contribution in [1.82, 2.24) is 19.7 Å². The summed E-state index contributed by atoms with van der Waals surface area (Å²) in [5.74, 6) is 1.59. The van der Waals surface area contributed by atoms with Crippen LogP contribution in [0.15, 0.2) is 23.0 Å². The number of anilines is 1. The average molecular weight is 273 g/mol. The summed E-state index contributed by atoms with van der Waals surface area (Å²) in [5, 5.41) is 12.9. The number of nitrogens with one attached hydrogen (secondary N) is 1. The average Bonchev–Trinajstić information content (AvgIpc) is 3.00. The van der Waals surface area contributed by atoms with Crippen LogP contribution in [0.1, 0.15) is 24.4 Å². The summed E-state index contributed by atoms with van der Waals surface area (Å²) >= 11 is 1.70.